The lowest BCUT2D eigenvalue weighted by atomic mass is 10.1. The number of anilines is 2. The fourth-order valence-corrected chi connectivity index (χ4v) is 4.48. The monoisotopic (exact) mass is 438 g/mol. The van der Waals surface area contributed by atoms with Gasteiger partial charge < -0.3 is 14.5 Å². The molecule has 0 bridgehead atoms. The molecule has 1 N–H and O–H groups in total. The minimum atomic E-state index is -3.67. The molecule has 4 aromatic rings. The van der Waals surface area contributed by atoms with Gasteiger partial charge in [0.15, 0.2) is 0 Å². The van der Waals surface area contributed by atoms with Crippen LogP contribution >= 0.6 is 0 Å². The number of rotatable bonds is 6. The Morgan fingerprint density at radius 1 is 1.03 bits per heavy atom. The molecule has 0 saturated heterocycles. The van der Waals surface area contributed by atoms with E-state index in [0.717, 1.165) is 32.5 Å². The van der Waals surface area contributed by atoms with Crippen LogP contribution in [0.5, 0.6) is 5.75 Å². The number of aryl methyl sites for hydroxylation is 1. The number of ether oxygens (including phenoxy) is 1. The molecule has 0 unspecified atom stereocenters. The van der Waals surface area contributed by atoms with Crippen molar-refractivity contribution in [1.29, 1.82) is 0 Å². The van der Waals surface area contributed by atoms with Crippen LogP contribution in [0, 0.1) is 6.92 Å². The van der Waals surface area contributed by atoms with Gasteiger partial charge in [0, 0.05) is 16.8 Å². The first-order valence-electron chi connectivity index (χ1n) is 9.60. The molecule has 8 heteroatoms. The molecule has 0 aliphatic heterocycles. The van der Waals surface area contributed by atoms with Gasteiger partial charge in [-0.2, -0.15) is 0 Å². The quantitative estimate of drug-likeness (QED) is 0.485. The summed E-state index contributed by atoms with van der Waals surface area (Å²) in [6.45, 7) is 1.43. The maximum Gasteiger partial charge on any atom is 0.245 e. The lowest BCUT2D eigenvalue weighted by Gasteiger charge is -2.23. The van der Waals surface area contributed by atoms with Crippen molar-refractivity contribution in [2.75, 3.05) is 29.5 Å². The lowest BCUT2D eigenvalue weighted by molar-refractivity contribution is -0.114. The van der Waals surface area contributed by atoms with Crippen molar-refractivity contribution in [1.82, 2.24) is 0 Å². The Morgan fingerprint density at radius 2 is 1.74 bits per heavy atom. The number of carbonyl (C=O) groups excluding carboxylic acids is 1. The summed E-state index contributed by atoms with van der Waals surface area (Å²) in [4.78, 5) is 12.8. The molecule has 0 atom stereocenters. The summed E-state index contributed by atoms with van der Waals surface area (Å²) in [5.74, 6) is -0.0448. The average Bonchev–Trinajstić information content (AvgIpc) is 3.08. The largest absolute Gasteiger partial charge is 0.495 e. The molecule has 4 rings (SSSR count). The molecule has 3 aromatic carbocycles. The standard InChI is InChI=1S/C23H22N2O5S/c1-15-8-4-6-10-19(15)25(31(3,27)28)14-23(26)24-18-13-21-17(12-22(18)29-2)16-9-5-7-11-20(16)30-21/h4-13H,14H2,1-3H3,(H,24,26). The second kappa shape index (κ2) is 7.96. The van der Waals surface area contributed by atoms with E-state index in [1.54, 1.807) is 37.3 Å². The second-order valence-corrected chi connectivity index (χ2v) is 9.16. The van der Waals surface area contributed by atoms with E-state index < -0.39 is 15.9 Å². The maximum absolute atomic E-state index is 12.8. The Hall–Kier alpha value is -3.52. The van der Waals surface area contributed by atoms with Crippen molar-refractivity contribution in [3.63, 3.8) is 0 Å². The van der Waals surface area contributed by atoms with Crippen LogP contribution < -0.4 is 14.4 Å². The second-order valence-electron chi connectivity index (χ2n) is 7.25. The number of benzene rings is 3. The minimum Gasteiger partial charge on any atom is -0.495 e. The number of fused-ring (bicyclic) bond motifs is 3. The van der Waals surface area contributed by atoms with Gasteiger partial charge in [0.2, 0.25) is 15.9 Å². The third kappa shape index (κ3) is 4.06. The zero-order valence-corrected chi connectivity index (χ0v) is 18.2. The molecular weight excluding hydrogens is 416 g/mol. The summed E-state index contributed by atoms with van der Waals surface area (Å²) in [7, 11) is -2.16. The predicted octanol–water partition coefficient (Wildman–Crippen LogP) is 4.31. The van der Waals surface area contributed by atoms with Gasteiger partial charge in [-0.3, -0.25) is 9.10 Å². The minimum absolute atomic E-state index is 0.370. The van der Waals surface area contributed by atoms with Crippen molar-refractivity contribution in [2.45, 2.75) is 6.92 Å². The molecular formula is C23H22N2O5S. The first-order chi connectivity index (χ1) is 14.8. The highest BCUT2D eigenvalue weighted by molar-refractivity contribution is 7.92. The number of hydrogen-bond acceptors (Lipinski definition) is 5. The normalized spacial score (nSPS) is 11.6. The SMILES string of the molecule is COc1cc2c(cc1NC(=O)CN(c1ccccc1C)S(C)(=O)=O)oc1ccccc12. The van der Waals surface area contributed by atoms with Gasteiger partial charge >= 0.3 is 0 Å². The number of carbonyl (C=O) groups is 1. The Labute approximate surface area is 180 Å². The van der Waals surface area contributed by atoms with Crippen LogP contribution in [0.3, 0.4) is 0 Å². The molecule has 1 heterocycles. The number of nitrogens with one attached hydrogen (secondary N) is 1. The van der Waals surface area contributed by atoms with Gasteiger partial charge in [-0.15, -0.1) is 0 Å². The summed E-state index contributed by atoms with van der Waals surface area (Å²) >= 11 is 0. The summed E-state index contributed by atoms with van der Waals surface area (Å²) in [5.41, 5.74) is 2.93. The zero-order valence-electron chi connectivity index (χ0n) is 17.4. The first-order valence-corrected chi connectivity index (χ1v) is 11.5. The Balaban J connectivity index is 1.67. The van der Waals surface area contributed by atoms with E-state index in [1.165, 1.54) is 7.11 Å². The summed E-state index contributed by atoms with van der Waals surface area (Å²) in [5, 5.41) is 4.56. The lowest BCUT2D eigenvalue weighted by Crippen LogP contribution is -2.37. The van der Waals surface area contributed by atoms with E-state index in [2.05, 4.69) is 5.32 Å². The van der Waals surface area contributed by atoms with E-state index in [-0.39, 0.29) is 6.54 Å². The van der Waals surface area contributed by atoms with E-state index in [4.69, 9.17) is 9.15 Å². The molecule has 0 spiro atoms. The Morgan fingerprint density at radius 3 is 2.45 bits per heavy atom. The number of nitrogens with zero attached hydrogens (tertiary/aromatic N) is 1. The summed E-state index contributed by atoms with van der Waals surface area (Å²) in [6, 6.07) is 18.1. The number of methoxy groups -OCH3 is 1. The van der Waals surface area contributed by atoms with Crippen LogP contribution in [0.25, 0.3) is 21.9 Å². The van der Waals surface area contributed by atoms with Gasteiger partial charge in [0.25, 0.3) is 0 Å². The third-order valence-electron chi connectivity index (χ3n) is 5.04. The predicted molar refractivity (Wildman–Crippen MR) is 122 cm³/mol. The Kier molecular flexibility index (Phi) is 5.32. The van der Waals surface area contributed by atoms with E-state index in [9.17, 15) is 13.2 Å². The third-order valence-corrected chi connectivity index (χ3v) is 6.17. The number of amides is 1. The zero-order chi connectivity index (χ0) is 22.2. The van der Waals surface area contributed by atoms with E-state index in [0.29, 0.717) is 22.7 Å². The van der Waals surface area contributed by atoms with Crippen molar-refractivity contribution < 1.29 is 22.4 Å². The molecule has 0 saturated carbocycles. The molecule has 1 amide bonds. The van der Waals surface area contributed by atoms with Gasteiger partial charge in [-0.25, -0.2) is 8.42 Å². The van der Waals surface area contributed by atoms with Crippen LogP contribution in [0.1, 0.15) is 5.56 Å². The molecule has 0 aliphatic rings. The van der Waals surface area contributed by atoms with Crippen molar-refractivity contribution in [3.05, 3.63) is 66.2 Å². The topological polar surface area (TPSA) is 88.9 Å². The van der Waals surface area contributed by atoms with Crippen molar-refractivity contribution in [2.24, 2.45) is 0 Å². The molecule has 31 heavy (non-hydrogen) atoms. The van der Waals surface area contributed by atoms with Gasteiger partial charge in [0.05, 0.1) is 24.7 Å². The average molecular weight is 439 g/mol. The smallest absolute Gasteiger partial charge is 0.245 e. The van der Waals surface area contributed by atoms with Gasteiger partial charge in [-0.05, 0) is 30.7 Å². The highest BCUT2D eigenvalue weighted by Crippen LogP contribution is 2.36. The molecule has 1 aromatic heterocycles. The van der Waals surface area contributed by atoms with Crippen molar-refractivity contribution >= 4 is 49.2 Å². The summed E-state index contributed by atoms with van der Waals surface area (Å²) < 4.78 is 37.2. The van der Waals surface area contributed by atoms with Crippen molar-refractivity contribution in [3.8, 4) is 5.75 Å². The maximum atomic E-state index is 12.8. The van der Waals surface area contributed by atoms with Crippen LogP contribution in [0.4, 0.5) is 11.4 Å². The van der Waals surface area contributed by atoms with Crippen LogP contribution in [-0.2, 0) is 14.8 Å². The summed E-state index contributed by atoms with van der Waals surface area (Å²) in [6.07, 6.45) is 1.08. The van der Waals surface area contributed by atoms with E-state index in [1.807, 2.05) is 30.3 Å². The number of para-hydroxylation sites is 2. The number of furan rings is 1. The van der Waals surface area contributed by atoms with Gasteiger partial charge in [0.1, 0.15) is 23.5 Å². The van der Waals surface area contributed by atoms with Crippen LogP contribution in [0.2, 0.25) is 0 Å². The van der Waals surface area contributed by atoms with Crippen LogP contribution in [0.15, 0.2) is 65.1 Å². The molecule has 160 valence electrons. The number of sulfonamides is 1. The highest BCUT2D eigenvalue weighted by atomic mass is 32.2. The fraction of sp³-hybridized carbons (Fsp3) is 0.174. The van der Waals surface area contributed by atoms with Crippen LogP contribution in [-0.4, -0.2) is 34.2 Å². The van der Waals surface area contributed by atoms with E-state index >= 15 is 0 Å². The fourth-order valence-electron chi connectivity index (χ4n) is 3.56. The molecule has 0 radical (unpaired) electrons. The van der Waals surface area contributed by atoms with Gasteiger partial charge in [-0.1, -0.05) is 36.4 Å². The number of hydrogen-bond donors (Lipinski definition) is 1. The first kappa shape index (κ1) is 20.7. The highest BCUT2D eigenvalue weighted by Gasteiger charge is 2.23. The molecule has 0 aliphatic carbocycles. The Bertz CT molecular complexity index is 1390. The molecule has 0 fully saturated rings. The molecule has 7 nitrogen and oxygen atoms in total.